The summed E-state index contributed by atoms with van der Waals surface area (Å²) >= 11 is 0. The fraction of sp³-hybridized carbons (Fsp3) is 0.462. The van der Waals surface area contributed by atoms with Gasteiger partial charge in [0.25, 0.3) is 0 Å². The first-order chi connectivity index (χ1) is 7.75. The summed E-state index contributed by atoms with van der Waals surface area (Å²) < 4.78 is 0. The largest absolute Gasteiger partial charge is 0.326 e. The van der Waals surface area contributed by atoms with Crippen molar-refractivity contribution in [3.05, 3.63) is 29.8 Å². The Morgan fingerprint density at radius 2 is 2.38 bits per heavy atom. The van der Waals surface area contributed by atoms with E-state index in [0.29, 0.717) is 0 Å². The fourth-order valence-corrected chi connectivity index (χ4v) is 2.04. The Labute approximate surface area is 96.2 Å². The van der Waals surface area contributed by atoms with Gasteiger partial charge in [-0.2, -0.15) is 0 Å². The molecule has 16 heavy (non-hydrogen) atoms. The van der Waals surface area contributed by atoms with E-state index < -0.39 is 0 Å². The Morgan fingerprint density at radius 1 is 1.50 bits per heavy atom. The summed E-state index contributed by atoms with van der Waals surface area (Å²) in [6, 6.07) is 7.91. The number of anilines is 1. The van der Waals surface area contributed by atoms with Crippen LogP contribution in [0, 0.1) is 12.8 Å². The van der Waals surface area contributed by atoms with Gasteiger partial charge in [0, 0.05) is 12.2 Å². The normalized spacial score (nSPS) is 20.4. The van der Waals surface area contributed by atoms with Crippen LogP contribution in [0.25, 0.3) is 0 Å². The van der Waals surface area contributed by atoms with Gasteiger partial charge in [0.1, 0.15) is 0 Å². The minimum absolute atomic E-state index is 0.120. The second-order valence-electron chi connectivity index (χ2n) is 4.40. The zero-order chi connectivity index (χ0) is 11.4. The van der Waals surface area contributed by atoms with Crippen LogP contribution in [-0.4, -0.2) is 19.0 Å². The molecule has 1 unspecified atom stereocenters. The molecule has 1 aliphatic heterocycles. The second kappa shape index (κ2) is 5.12. The molecule has 1 aliphatic rings. The van der Waals surface area contributed by atoms with Crippen molar-refractivity contribution in [1.29, 1.82) is 0 Å². The lowest BCUT2D eigenvalue weighted by molar-refractivity contribution is -0.120. The van der Waals surface area contributed by atoms with E-state index in [0.717, 1.165) is 31.6 Å². The van der Waals surface area contributed by atoms with Crippen molar-refractivity contribution >= 4 is 11.6 Å². The maximum atomic E-state index is 11.9. The highest BCUT2D eigenvalue weighted by molar-refractivity contribution is 5.92. The molecule has 1 atom stereocenters. The molecule has 0 aliphatic carbocycles. The Hall–Kier alpha value is -1.35. The van der Waals surface area contributed by atoms with Crippen molar-refractivity contribution in [3.8, 4) is 0 Å². The molecule has 1 heterocycles. The Morgan fingerprint density at radius 3 is 3.06 bits per heavy atom. The molecule has 86 valence electrons. The van der Waals surface area contributed by atoms with Crippen LogP contribution < -0.4 is 10.6 Å². The third-order valence-corrected chi connectivity index (χ3v) is 2.95. The molecule has 1 amide bonds. The zero-order valence-electron chi connectivity index (χ0n) is 9.62. The SMILES string of the molecule is Cc1cccc(NC(=O)C2CCCNC2)c1. The van der Waals surface area contributed by atoms with Gasteiger partial charge in [-0.3, -0.25) is 4.79 Å². The number of aryl methyl sites for hydroxylation is 1. The van der Waals surface area contributed by atoms with Crippen molar-refractivity contribution in [2.45, 2.75) is 19.8 Å². The molecular weight excluding hydrogens is 200 g/mol. The highest BCUT2D eigenvalue weighted by atomic mass is 16.1. The molecule has 1 fully saturated rings. The van der Waals surface area contributed by atoms with E-state index in [1.807, 2.05) is 31.2 Å². The van der Waals surface area contributed by atoms with E-state index in [1.165, 1.54) is 5.56 Å². The third kappa shape index (κ3) is 2.83. The molecule has 2 N–H and O–H groups in total. The van der Waals surface area contributed by atoms with Gasteiger partial charge < -0.3 is 10.6 Å². The van der Waals surface area contributed by atoms with Gasteiger partial charge in [-0.25, -0.2) is 0 Å². The lowest BCUT2D eigenvalue weighted by Gasteiger charge is -2.21. The molecule has 0 bridgehead atoms. The van der Waals surface area contributed by atoms with Gasteiger partial charge in [-0.05, 0) is 44.0 Å². The number of hydrogen-bond donors (Lipinski definition) is 2. The van der Waals surface area contributed by atoms with E-state index in [1.54, 1.807) is 0 Å². The highest BCUT2D eigenvalue weighted by Crippen LogP contribution is 2.15. The Bertz CT molecular complexity index is 370. The molecule has 0 saturated carbocycles. The molecule has 1 saturated heterocycles. The van der Waals surface area contributed by atoms with Gasteiger partial charge in [0.05, 0.1) is 5.92 Å². The van der Waals surface area contributed by atoms with Gasteiger partial charge >= 0.3 is 0 Å². The Kier molecular flexibility index (Phi) is 3.57. The average molecular weight is 218 g/mol. The number of piperidine rings is 1. The minimum Gasteiger partial charge on any atom is -0.326 e. The lowest BCUT2D eigenvalue weighted by Crippen LogP contribution is -2.37. The number of carbonyl (C=O) groups excluding carboxylic acids is 1. The van der Waals surface area contributed by atoms with Crippen molar-refractivity contribution in [2.24, 2.45) is 5.92 Å². The number of carbonyl (C=O) groups is 1. The van der Waals surface area contributed by atoms with Gasteiger partial charge in [0.2, 0.25) is 5.91 Å². The Balaban J connectivity index is 1.96. The van der Waals surface area contributed by atoms with Gasteiger partial charge in [-0.1, -0.05) is 12.1 Å². The summed E-state index contributed by atoms with van der Waals surface area (Å²) in [5.41, 5.74) is 2.06. The van der Waals surface area contributed by atoms with E-state index in [9.17, 15) is 4.79 Å². The van der Waals surface area contributed by atoms with Crippen LogP contribution in [-0.2, 0) is 4.79 Å². The molecular formula is C13H18N2O. The number of amides is 1. The summed E-state index contributed by atoms with van der Waals surface area (Å²) in [5, 5.41) is 6.23. The summed E-state index contributed by atoms with van der Waals surface area (Å²) in [4.78, 5) is 11.9. The molecule has 1 aromatic carbocycles. The van der Waals surface area contributed by atoms with E-state index in [-0.39, 0.29) is 11.8 Å². The van der Waals surface area contributed by atoms with Crippen LogP contribution in [0.2, 0.25) is 0 Å². The van der Waals surface area contributed by atoms with Crippen molar-refractivity contribution in [2.75, 3.05) is 18.4 Å². The summed E-state index contributed by atoms with van der Waals surface area (Å²) in [7, 11) is 0. The van der Waals surface area contributed by atoms with Crippen molar-refractivity contribution in [3.63, 3.8) is 0 Å². The monoisotopic (exact) mass is 218 g/mol. The molecule has 0 spiro atoms. The maximum Gasteiger partial charge on any atom is 0.228 e. The first kappa shape index (κ1) is 11.1. The predicted molar refractivity (Wildman–Crippen MR) is 65.4 cm³/mol. The third-order valence-electron chi connectivity index (χ3n) is 2.95. The predicted octanol–water partition coefficient (Wildman–Crippen LogP) is 1.93. The highest BCUT2D eigenvalue weighted by Gasteiger charge is 2.20. The first-order valence-corrected chi connectivity index (χ1v) is 5.84. The molecule has 2 rings (SSSR count). The molecule has 3 nitrogen and oxygen atoms in total. The van der Waals surface area contributed by atoms with Crippen molar-refractivity contribution in [1.82, 2.24) is 5.32 Å². The van der Waals surface area contributed by atoms with E-state index >= 15 is 0 Å². The van der Waals surface area contributed by atoms with Crippen LogP contribution in [0.15, 0.2) is 24.3 Å². The fourth-order valence-electron chi connectivity index (χ4n) is 2.04. The number of rotatable bonds is 2. The van der Waals surface area contributed by atoms with Crippen LogP contribution in [0.1, 0.15) is 18.4 Å². The van der Waals surface area contributed by atoms with Crippen molar-refractivity contribution < 1.29 is 4.79 Å². The second-order valence-corrected chi connectivity index (χ2v) is 4.40. The zero-order valence-corrected chi connectivity index (χ0v) is 9.62. The topological polar surface area (TPSA) is 41.1 Å². The summed E-state index contributed by atoms with van der Waals surface area (Å²) in [6.07, 6.45) is 2.08. The number of nitrogens with one attached hydrogen (secondary N) is 2. The van der Waals surface area contributed by atoms with E-state index in [2.05, 4.69) is 10.6 Å². The first-order valence-electron chi connectivity index (χ1n) is 5.84. The lowest BCUT2D eigenvalue weighted by atomic mass is 9.99. The molecule has 0 radical (unpaired) electrons. The number of benzene rings is 1. The molecule has 0 aromatic heterocycles. The van der Waals surface area contributed by atoms with Crippen LogP contribution >= 0.6 is 0 Å². The van der Waals surface area contributed by atoms with Gasteiger partial charge in [-0.15, -0.1) is 0 Å². The molecule has 1 aromatic rings. The quantitative estimate of drug-likeness (QED) is 0.796. The van der Waals surface area contributed by atoms with Gasteiger partial charge in [0.15, 0.2) is 0 Å². The van der Waals surface area contributed by atoms with E-state index in [4.69, 9.17) is 0 Å². The van der Waals surface area contributed by atoms with Crippen LogP contribution in [0.3, 0.4) is 0 Å². The summed E-state index contributed by atoms with van der Waals surface area (Å²) in [5.74, 6) is 0.257. The molecule has 3 heteroatoms. The maximum absolute atomic E-state index is 11.9. The average Bonchev–Trinajstić information content (AvgIpc) is 2.30. The standard InChI is InChI=1S/C13H18N2O/c1-10-4-2-6-12(8-10)15-13(16)11-5-3-7-14-9-11/h2,4,6,8,11,14H,3,5,7,9H2,1H3,(H,15,16). The summed E-state index contributed by atoms with van der Waals surface area (Å²) in [6.45, 7) is 3.86. The minimum atomic E-state index is 0.120. The van der Waals surface area contributed by atoms with Crippen LogP contribution in [0.4, 0.5) is 5.69 Å². The smallest absolute Gasteiger partial charge is 0.228 e. The van der Waals surface area contributed by atoms with Crippen LogP contribution in [0.5, 0.6) is 0 Å². The number of hydrogen-bond acceptors (Lipinski definition) is 2.